The number of hydrogen-bond donors (Lipinski definition) is 1. The fourth-order valence-corrected chi connectivity index (χ4v) is 1.85. The van der Waals surface area contributed by atoms with Crippen LogP contribution >= 0.6 is 0 Å². The van der Waals surface area contributed by atoms with E-state index in [1.54, 1.807) is 12.1 Å². The molecule has 0 aromatic heterocycles. The normalized spacial score (nSPS) is 37.9. The second kappa shape index (κ2) is 4.93. The van der Waals surface area contributed by atoms with Crippen molar-refractivity contribution < 1.29 is 7.13 Å². The quantitative estimate of drug-likeness (QED) is 0.826. The van der Waals surface area contributed by atoms with E-state index >= 15 is 0 Å². The zero-order valence-corrected chi connectivity index (χ0v) is 9.65. The standard InChI is InChI=1S/C13H19FN2/c1-10-8-16(11(2)7-15-10)9-12-3-5-13(14)6-4-12/h3-6,10-11,15H,7-9H2,1-2H3/t10-,11+/m1/s1/i7D,8D/t7?,8?,10-,11+. The summed E-state index contributed by atoms with van der Waals surface area (Å²) in [4.78, 5) is 1.98. The van der Waals surface area contributed by atoms with Crippen LogP contribution in [0.2, 0.25) is 0 Å². The first-order valence-electron chi connectivity index (χ1n) is 6.75. The van der Waals surface area contributed by atoms with Gasteiger partial charge in [-0.3, -0.25) is 4.90 Å². The summed E-state index contributed by atoms with van der Waals surface area (Å²) in [5, 5.41) is 3.08. The lowest BCUT2D eigenvalue weighted by Crippen LogP contribution is -2.53. The molecule has 2 unspecified atom stereocenters. The van der Waals surface area contributed by atoms with Gasteiger partial charge in [0.05, 0.1) is 0 Å². The Bertz CT molecular complexity index is 384. The maximum atomic E-state index is 12.9. The molecule has 2 nitrogen and oxygen atoms in total. The SMILES string of the molecule is [2H]C1N[C@H](C)C([2H])N(Cc2ccc(F)cc2)[C@H]1C. The van der Waals surface area contributed by atoms with Crippen molar-refractivity contribution >= 4 is 0 Å². The van der Waals surface area contributed by atoms with Crippen LogP contribution in [-0.2, 0) is 6.54 Å². The van der Waals surface area contributed by atoms with Gasteiger partial charge in [-0.2, -0.15) is 0 Å². The Labute approximate surface area is 99.3 Å². The zero-order chi connectivity index (χ0) is 13.3. The number of hydrogen-bond acceptors (Lipinski definition) is 2. The molecule has 4 atom stereocenters. The Hall–Kier alpha value is -0.930. The summed E-state index contributed by atoms with van der Waals surface area (Å²) in [5.74, 6) is -0.249. The number of halogens is 1. The first kappa shape index (κ1) is 9.14. The molecule has 1 aliphatic heterocycles. The third-order valence-corrected chi connectivity index (χ3v) is 2.82. The molecule has 1 aromatic carbocycles. The van der Waals surface area contributed by atoms with Gasteiger partial charge in [-0.15, -0.1) is 0 Å². The first-order chi connectivity index (χ1) is 8.49. The van der Waals surface area contributed by atoms with E-state index in [1.807, 2.05) is 18.7 Å². The molecule has 3 heteroatoms. The van der Waals surface area contributed by atoms with Crippen molar-refractivity contribution in [3.8, 4) is 0 Å². The summed E-state index contributed by atoms with van der Waals surface area (Å²) < 4.78 is 28.9. The van der Waals surface area contributed by atoms with Crippen molar-refractivity contribution in [3.05, 3.63) is 35.6 Å². The van der Waals surface area contributed by atoms with E-state index in [1.165, 1.54) is 12.1 Å². The summed E-state index contributed by atoms with van der Waals surface area (Å²) >= 11 is 0. The van der Waals surface area contributed by atoms with Crippen molar-refractivity contribution in [2.75, 3.05) is 13.0 Å². The average molecular weight is 224 g/mol. The molecule has 1 fully saturated rings. The molecule has 0 aliphatic carbocycles. The van der Waals surface area contributed by atoms with Gasteiger partial charge in [-0.25, -0.2) is 4.39 Å². The van der Waals surface area contributed by atoms with Gasteiger partial charge < -0.3 is 5.32 Å². The second-order valence-electron chi connectivity index (χ2n) is 4.31. The Kier molecular flexibility index (Phi) is 2.82. The van der Waals surface area contributed by atoms with Crippen molar-refractivity contribution in [3.63, 3.8) is 0 Å². The number of nitrogens with one attached hydrogen (secondary N) is 1. The predicted octanol–water partition coefficient (Wildman–Crippen LogP) is 2.01. The van der Waals surface area contributed by atoms with Crippen LogP contribution in [0.15, 0.2) is 24.3 Å². The molecule has 1 saturated heterocycles. The van der Waals surface area contributed by atoms with Gasteiger partial charge in [0.25, 0.3) is 0 Å². The third-order valence-electron chi connectivity index (χ3n) is 2.82. The monoisotopic (exact) mass is 224 g/mol. The van der Waals surface area contributed by atoms with E-state index in [0.29, 0.717) is 6.54 Å². The average Bonchev–Trinajstić information content (AvgIpc) is 2.34. The number of rotatable bonds is 2. The van der Waals surface area contributed by atoms with Crippen molar-refractivity contribution in [1.29, 1.82) is 0 Å². The summed E-state index contributed by atoms with van der Waals surface area (Å²) in [5.41, 5.74) is 0.974. The highest BCUT2D eigenvalue weighted by Crippen LogP contribution is 2.12. The second-order valence-corrected chi connectivity index (χ2v) is 4.31. The van der Waals surface area contributed by atoms with E-state index in [2.05, 4.69) is 5.32 Å². The molecule has 0 spiro atoms. The van der Waals surface area contributed by atoms with E-state index < -0.39 is 0 Å². The van der Waals surface area contributed by atoms with Crippen LogP contribution in [0.1, 0.15) is 22.2 Å². The van der Waals surface area contributed by atoms with Crippen LogP contribution in [0.25, 0.3) is 0 Å². The van der Waals surface area contributed by atoms with Crippen LogP contribution in [0, 0.1) is 5.82 Å². The lowest BCUT2D eigenvalue weighted by atomic mass is 10.1. The molecule has 0 radical (unpaired) electrons. The topological polar surface area (TPSA) is 15.3 Å². The van der Waals surface area contributed by atoms with Gasteiger partial charge >= 0.3 is 0 Å². The Morgan fingerprint density at radius 1 is 1.44 bits per heavy atom. The van der Waals surface area contributed by atoms with Gasteiger partial charge in [0.2, 0.25) is 0 Å². The molecule has 1 aromatic rings. The third kappa shape index (κ3) is 2.80. The van der Waals surface area contributed by atoms with Gasteiger partial charge in [-0.1, -0.05) is 12.1 Å². The lowest BCUT2D eigenvalue weighted by Gasteiger charge is -2.37. The fraction of sp³-hybridized carbons (Fsp3) is 0.538. The summed E-state index contributed by atoms with van der Waals surface area (Å²) in [7, 11) is 0. The van der Waals surface area contributed by atoms with Gasteiger partial charge in [0, 0.05) is 34.4 Å². The van der Waals surface area contributed by atoms with Crippen LogP contribution in [0.5, 0.6) is 0 Å². The highest BCUT2D eigenvalue weighted by atomic mass is 19.1. The van der Waals surface area contributed by atoms with E-state index in [4.69, 9.17) is 2.74 Å². The molecule has 0 bridgehead atoms. The van der Waals surface area contributed by atoms with Gasteiger partial charge in [0.15, 0.2) is 0 Å². The van der Waals surface area contributed by atoms with Crippen molar-refractivity contribution in [2.24, 2.45) is 0 Å². The van der Waals surface area contributed by atoms with Crippen LogP contribution in [0.4, 0.5) is 4.39 Å². The fourth-order valence-electron chi connectivity index (χ4n) is 1.85. The molecule has 1 N–H and O–H groups in total. The smallest absolute Gasteiger partial charge is 0.123 e. The van der Waals surface area contributed by atoms with E-state index in [-0.39, 0.29) is 30.9 Å². The highest BCUT2D eigenvalue weighted by molar-refractivity contribution is 5.16. The van der Waals surface area contributed by atoms with E-state index in [0.717, 1.165) is 5.56 Å². The molecule has 1 heterocycles. The summed E-state index contributed by atoms with van der Waals surface area (Å²) in [6, 6.07) is 6.27. The molecule has 0 amide bonds. The lowest BCUT2D eigenvalue weighted by molar-refractivity contribution is 0.139. The van der Waals surface area contributed by atoms with Crippen molar-refractivity contribution in [2.45, 2.75) is 32.5 Å². The Balaban J connectivity index is 2.12. The van der Waals surface area contributed by atoms with Crippen molar-refractivity contribution in [1.82, 2.24) is 10.2 Å². The molecular weight excluding hydrogens is 203 g/mol. The van der Waals surface area contributed by atoms with Crippen LogP contribution in [0.3, 0.4) is 0 Å². The molecule has 16 heavy (non-hydrogen) atoms. The first-order valence-corrected chi connectivity index (χ1v) is 5.60. The van der Waals surface area contributed by atoms with Gasteiger partial charge in [0.1, 0.15) is 5.82 Å². The number of benzene rings is 1. The Morgan fingerprint density at radius 2 is 2.12 bits per heavy atom. The number of nitrogens with zero attached hydrogens (tertiary/aromatic N) is 1. The molecule has 0 saturated carbocycles. The molecule has 1 aliphatic rings. The van der Waals surface area contributed by atoms with Gasteiger partial charge in [-0.05, 0) is 31.5 Å². The summed E-state index contributed by atoms with van der Waals surface area (Å²) in [6.07, 6.45) is 0. The Morgan fingerprint density at radius 3 is 2.81 bits per heavy atom. The van der Waals surface area contributed by atoms with Crippen LogP contribution < -0.4 is 5.32 Å². The highest BCUT2D eigenvalue weighted by Gasteiger charge is 2.21. The minimum Gasteiger partial charge on any atom is -0.311 e. The van der Waals surface area contributed by atoms with E-state index in [9.17, 15) is 4.39 Å². The maximum Gasteiger partial charge on any atom is 0.123 e. The molecular formula is C13H19FN2. The predicted molar refractivity (Wildman–Crippen MR) is 63.7 cm³/mol. The maximum absolute atomic E-state index is 12.9. The minimum atomic E-state index is -0.387. The zero-order valence-electron chi connectivity index (χ0n) is 11.7. The summed E-state index contributed by atoms with van der Waals surface area (Å²) in [6.45, 7) is 3.68. The molecule has 88 valence electrons. The molecule has 2 rings (SSSR count). The number of piperazine rings is 1. The minimum absolute atomic E-state index is 0.0336. The largest absolute Gasteiger partial charge is 0.311 e. The van der Waals surface area contributed by atoms with Crippen LogP contribution in [-0.4, -0.2) is 30.0 Å².